The van der Waals surface area contributed by atoms with E-state index in [0.717, 1.165) is 19.3 Å². The average Bonchev–Trinajstić information content (AvgIpc) is 3.47. The van der Waals surface area contributed by atoms with Crippen LogP contribution >= 0.6 is 0 Å². The lowest BCUT2D eigenvalue weighted by atomic mass is 9.98. The molecule has 1 N–H and O–H groups in total. The van der Waals surface area contributed by atoms with Gasteiger partial charge in [0.05, 0.1) is 13.2 Å². The van der Waals surface area contributed by atoms with E-state index >= 15 is 0 Å². The van der Waals surface area contributed by atoms with Crippen LogP contribution in [0.3, 0.4) is 0 Å². The number of carbonyl (C=O) groups is 2. The number of esters is 1. The summed E-state index contributed by atoms with van der Waals surface area (Å²) in [6.07, 6.45) is 2.75. The molecule has 0 saturated heterocycles. The van der Waals surface area contributed by atoms with Crippen molar-refractivity contribution in [3.63, 3.8) is 0 Å². The summed E-state index contributed by atoms with van der Waals surface area (Å²) < 4.78 is 16.4. The highest BCUT2D eigenvalue weighted by molar-refractivity contribution is 5.99. The van der Waals surface area contributed by atoms with Crippen LogP contribution in [0.25, 0.3) is 0 Å². The predicted octanol–water partition coefficient (Wildman–Crippen LogP) is 3.79. The van der Waals surface area contributed by atoms with E-state index in [9.17, 15) is 9.59 Å². The lowest BCUT2D eigenvalue weighted by molar-refractivity contribution is -0.141. The van der Waals surface area contributed by atoms with Crippen LogP contribution in [-0.2, 0) is 14.3 Å². The third-order valence-corrected chi connectivity index (χ3v) is 4.80. The van der Waals surface area contributed by atoms with E-state index in [1.165, 1.54) is 7.11 Å². The summed E-state index contributed by atoms with van der Waals surface area (Å²) >= 11 is 0. The Morgan fingerprint density at radius 3 is 2.54 bits per heavy atom. The monoisotopic (exact) mass is 363 g/mol. The molecule has 1 aliphatic rings. The normalized spacial score (nSPS) is 17.1. The highest BCUT2D eigenvalue weighted by Crippen LogP contribution is 2.42. The van der Waals surface area contributed by atoms with Crippen LogP contribution in [0.15, 0.2) is 18.2 Å². The molecule has 0 radical (unpaired) electrons. The van der Waals surface area contributed by atoms with Gasteiger partial charge >= 0.3 is 5.97 Å². The van der Waals surface area contributed by atoms with Gasteiger partial charge in [0.2, 0.25) is 0 Å². The Morgan fingerprint density at radius 1 is 1.31 bits per heavy atom. The Hall–Kier alpha value is -2.08. The van der Waals surface area contributed by atoms with Gasteiger partial charge in [-0.1, -0.05) is 6.92 Å². The summed E-state index contributed by atoms with van der Waals surface area (Å²) in [6.45, 7) is 8.11. The van der Waals surface area contributed by atoms with Gasteiger partial charge in [-0.2, -0.15) is 0 Å². The Bertz CT molecular complexity index is 656. The second-order valence-corrected chi connectivity index (χ2v) is 6.81. The highest BCUT2D eigenvalue weighted by atomic mass is 16.5. The van der Waals surface area contributed by atoms with Crippen LogP contribution in [0.1, 0.15) is 57.3 Å². The first kappa shape index (κ1) is 20.2. The van der Waals surface area contributed by atoms with Gasteiger partial charge in [-0.15, -0.1) is 0 Å². The molecule has 6 heteroatoms. The number of benzene rings is 1. The molecule has 1 fully saturated rings. The topological polar surface area (TPSA) is 73.9 Å². The molecule has 26 heavy (non-hydrogen) atoms. The maximum Gasteiger partial charge on any atom is 0.341 e. The van der Waals surface area contributed by atoms with Crippen molar-refractivity contribution in [2.45, 2.75) is 58.7 Å². The SMILES string of the molecule is CCOC(C)(C(=O)Nc1ccc(OC(C)CC)c(C(=O)OC)c1)C1CC1. The second kappa shape index (κ2) is 8.54. The number of hydrogen-bond acceptors (Lipinski definition) is 5. The summed E-state index contributed by atoms with van der Waals surface area (Å²) in [6, 6.07) is 4.99. The standard InChI is InChI=1S/C20H29NO5/c1-6-13(3)26-17-11-10-15(12-16(17)18(22)24-5)21-19(23)20(4,25-7-2)14-8-9-14/h10-14H,6-9H2,1-5H3,(H,21,23). The van der Waals surface area contributed by atoms with Gasteiger partial charge in [0, 0.05) is 12.3 Å². The Kier molecular flexibility index (Phi) is 6.64. The maximum atomic E-state index is 12.8. The minimum atomic E-state index is -0.855. The van der Waals surface area contributed by atoms with Crippen molar-refractivity contribution >= 4 is 17.6 Å². The molecule has 6 nitrogen and oxygen atoms in total. The molecule has 1 aromatic rings. The number of methoxy groups -OCH3 is 1. The van der Waals surface area contributed by atoms with Crippen molar-refractivity contribution in [1.29, 1.82) is 0 Å². The molecule has 0 aliphatic heterocycles. The molecule has 2 rings (SSSR count). The van der Waals surface area contributed by atoms with E-state index in [2.05, 4.69) is 5.32 Å². The van der Waals surface area contributed by atoms with E-state index in [1.807, 2.05) is 27.7 Å². The van der Waals surface area contributed by atoms with Crippen molar-refractivity contribution in [2.75, 3.05) is 19.0 Å². The Balaban J connectivity index is 2.23. The maximum absolute atomic E-state index is 12.8. The molecule has 2 atom stereocenters. The smallest absolute Gasteiger partial charge is 0.341 e. The number of rotatable bonds is 9. The van der Waals surface area contributed by atoms with E-state index < -0.39 is 11.6 Å². The fourth-order valence-corrected chi connectivity index (χ4v) is 2.84. The zero-order chi connectivity index (χ0) is 19.3. The molecule has 144 valence electrons. The molecule has 0 spiro atoms. The molecule has 1 aliphatic carbocycles. The number of amides is 1. The highest BCUT2D eigenvalue weighted by Gasteiger charge is 2.48. The lowest BCUT2D eigenvalue weighted by Crippen LogP contribution is -2.44. The molecule has 0 heterocycles. The summed E-state index contributed by atoms with van der Waals surface area (Å²) in [4.78, 5) is 24.9. The van der Waals surface area contributed by atoms with Gasteiger partial charge in [0.25, 0.3) is 5.91 Å². The van der Waals surface area contributed by atoms with Gasteiger partial charge in [-0.05, 0) is 64.2 Å². The summed E-state index contributed by atoms with van der Waals surface area (Å²) in [7, 11) is 1.32. The van der Waals surface area contributed by atoms with Crippen molar-refractivity contribution in [3.05, 3.63) is 23.8 Å². The fourth-order valence-electron chi connectivity index (χ4n) is 2.84. The third-order valence-electron chi connectivity index (χ3n) is 4.80. The fraction of sp³-hybridized carbons (Fsp3) is 0.600. The molecule has 0 aromatic heterocycles. The molecular weight excluding hydrogens is 334 g/mol. The summed E-state index contributed by atoms with van der Waals surface area (Å²) in [5, 5.41) is 2.88. The second-order valence-electron chi connectivity index (χ2n) is 6.81. The van der Waals surface area contributed by atoms with Crippen LogP contribution in [-0.4, -0.2) is 37.3 Å². The minimum absolute atomic E-state index is 0.0324. The first-order chi connectivity index (χ1) is 12.3. The first-order valence-electron chi connectivity index (χ1n) is 9.20. The minimum Gasteiger partial charge on any atom is -0.490 e. The first-order valence-corrected chi connectivity index (χ1v) is 9.20. The van der Waals surface area contributed by atoms with Gasteiger partial charge in [-0.25, -0.2) is 4.79 Å². The van der Waals surface area contributed by atoms with Gasteiger partial charge < -0.3 is 19.5 Å². The van der Waals surface area contributed by atoms with Crippen molar-refractivity contribution in [1.82, 2.24) is 0 Å². The van der Waals surface area contributed by atoms with Crippen LogP contribution in [0.2, 0.25) is 0 Å². The van der Waals surface area contributed by atoms with Gasteiger partial charge in [-0.3, -0.25) is 4.79 Å². The Labute approximate surface area is 155 Å². The van der Waals surface area contributed by atoms with Gasteiger partial charge in [0.15, 0.2) is 0 Å². The van der Waals surface area contributed by atoms with Crippen molar-refractivity contribution in [3.8, 4) is 5.75 Å². The summed E-state index contributed by atoms with van der Waals surface area (Å²) in [5.41, 5.74) is -0.0554. The molecule has 1 saturated carbocycles. The van der Waals surface area contributed by atoms with E-state index in [0.29, 0.717) is 18.0 Å². The number of ether oxygens (including phenoxy) is 3. The number of carbonyl (C=O) groups excluding carboxylic acids is 2. The molecule has 2 unspecified atom stereocenters. The largest absolute Gasteiger partial charge is 0.490 e. The zero-order valence-corrected chi connectivity index (χ0v) is 16.3. The average molecular weight is 363 g/mol. The number of nitrogens with one attached hydrogen (secondary N) is 1. The zero-order valence-electron chi connectivity index (χ0n) is 16.3. The Morgan fingerprint density at radius 2 is 2.00 bits per heavy atom. The third kappa shape index (κ3) is 4.55. The van der Waals surface area contributed by atoms with Crippen LogP contribution in [0.5, 0.6) is 5.75 Å². The molecule has 0 bridgehead atoms. The number of hydrogen-bond donors (Lipinski definition) is 1. The van der Waals surface area contributed by atoms with Gasteiger partial charge in [0.1, 0.15) is 16.9 Å². The van der Waals surface area contributed by atoms with Crippen molar-refractivity contribution < 1.29 is 23.8 Å². The number of anilines is 1. The van der Waals surface area contributed by atoms with Crippen LogP contribution < -0.4 is 10.1 Å². The lowest BCUT2D eigenvalue weighted by Gasteiger charge is -2.28. The molecule has 1 aromatic carbocycles. The molecular formula is C20H29NO5. The predicted molar refractivity (Wildman–Crippen MR) is 99.5 cm³/mol. The van der Waals surface area contributed by atoms with E-state index in [1.54, 1.807) is 18.2 Å². The van der Waals surface area contributed by atoms with Crippen LogP contribution in [0.4, 0.5) is 5.69 Å². The quantitative estimate of drug-likeness (QED) is 0.676. The van der Waals surface area contributed by atoms with E-state index in [4.69, 9.17) is 14.2 Å². The summed E-state index contributed by atoms with van der Waals surface area (Å²) in [5.74, 6) is -0.0306. The van der Waals surface area contributed by atoms with E-state index in [-0.39, 0.29) is 23.5 Å². The van der Waals surface area contributed by atoms with Crippen molar-refractivity contribution in [2.24, 2.45) is 5.92 Å². The molecule has 1 amide bonds. The van der Waals surface area contributed by atoms with Crippen LogP contribution in [0, 0.1) is 5.92 Å².